The lowest BCUT2D eigenvalue weighted by Gasteiger charge is -2.34. The predicted octanol–water partition coefficient (Wildman–Crippen LogP) is 3.56. The third kappa shape index (κ3) is 5.92. The third-order valence-corrected chi connectivity index (χ3v) is 6.70. The van der Waals surface area contributed by atoms with Gasteiger partial charge in [0.25, 0.3) is 0 Å². The Bertz CT molecular complexity index is 1250. The number of aliphatic hydroxyl groups excluding tert-OH is 1. The van der Waals surface area contributed by atoms with Gasteiger partial charge in [-0.2, -0.15) is 10.1 Å². The minimum atomic E-state index is 0.190. The maximum absolute atomic E-state index is 9.15. The van der Waals surface area contributed by atoms with Gasteiger partial charge < -0.3 is 15.3 Å². The number of hydrogen-bond donors (Lipinski definition) is 2. The second kappa shape index (κ2) is 11.5. The molecule has 35 heavy (non-hydrogen) atoms. The highest BCUT2D eigenvalue weighted by Gasteiger charge is 2.19. The van der Waals surface area contributed by atoms with Gasteiger partial charge in [0.05, 0.1) is 23.0 Å². The number of aryl methyl sites for hydroxylation is 2. The van der Waals surface area contributed by atoms with E-state index in [1.165, 1.54) is 0 Å². The highest BCUT2D eigenvalue weighted by Crippen LogP contribution is 2.31. The molecule has 0 bridgehead atoms. The van der Waals surface area contributed by atoms with Crippen molar-refractivity contribution in [2.24, 2.45) is 0 Å². The minimum Gasteiger partial charge on any atom is -0.395 e. The number of β-amino-alcohol motifs (C(OH)–C–C–N with tert-alkyl or cyclic N) is 1. The second-order valence-corrected chi connectivity index (χ2v) is 9.04. The number of nitrogens with zero attached hydrogens (tertiary/aromatic N) is 8. The fourth-order valence-corrected chi connectivity index (χ4v) is 4.77. The van der Waals surface area contributed by atoms with Crippen molar-refractivity contribution < 1.29 is 5.11 Å². The van der Waals surface area contributed by atoms with Crippen molar-refractivity contribution in [3.8, 4) is 10.6 Å². The van der Waals surface area contributed by atoms with Crippen LogP contribution in [0.15, 0.2) is 30.7 Å². The van der Waals surface area contributed by atoms with E-state index in [0.29, 0.717) is 24.1 Å². The van der Waals surface area contributed by atoms with Gasteiger partial charge in [-0.3, -0.25) is 9.58 Å². The number of thiazole rings is 1. The van der Waals surface area contributed by atoms with E-state index in [9.17, 15) is 0 Å². The van der Waals surface area contributed by atoms with Crippen molar-refractivity contribution in [3.63, 3.8) is 0 Å². The van der Waals surface area contributed by atoms with Crippen LogP contribution in [-0.4, -0.2) is 79.1 Å². The van der Waals surface area contributed by atoms with E-state index in [2.05, 4.69) is 37.1 Å². The number of hydrogen-bond acceptors (Lipinski definition) is 10. The molecule has 1 aliphatic rings. The largest absolute Gasteiger partial charge is 0.395 e. The lowest BCUT2D eigenvalue weighted by atomic mass is 10.3. The van der Waals surface area contributed by atoms with Crippen LogP contribution in [0, 0.1) is 6.92 Å². The van der Waals surface area contributed by atoms with E-state index < -0.39 is 0 Å². The van der Waals surface area contributed by atoms with E-state index in [1.807, 2.05) is 56.2 Å². The maximum Gasteiger partial charge on any atom is 0.227 e. The van der Waals surface area contributed by atoms with Crippen LogP contribution >= 0.6 is 11.3 Å². The number of piperazine rings is 1. The quantitative estimate of drug-likeness (QED) is 0.398. The summed E-state index contributed by atoms with van der Waals surface area (Å²) in [6.07, 6.45) is 5.71. The minimum absolute atomic E-state index is 0.190. The first-order valence-corrected chi connectivity index (χ1v) is 12.9. The topological polar surface area (TPSA) is 108 Å². The van der Waals surface area contributed by atoms with Crippen molar-refractivity contribution in [1.82, 2.24) is 34.6 Å². The highest BCUT2D eigenvalue weighted by atomic mass is 32.1. The van der Waals surface area contributed by atoms with Crippen LogP contribution in [0.2, 0.25) is 0 Å². The lowest BCUT2D eigenvalue weighted by Crippen LogP contribution is -2.47. The summed E-state index contributed by atoms with van der Waals surface area (Å²) in [5, 5.41) is 17.8. The van der Waals surface area contributed by atoms with Crippen LogP contribution < -0.4 is 10.2 Å². The van der Waals surface area contributed by atoms with Gasteiger partial charge in [0.15, 0.2) is 0 Å². The maximum atomic E-state index is 9.15. The van der Waals surface area contributed by atoms with Crippen molar-refractivity contribution in [2.45, 2.75) is 34.2 Å². The van der Waals surface area contributed by atoms with Crippen LogP contribution in [0.4, 0.5) is 17.6 Å². The summed E-state index contributed by atoms with van der Waals surface area (Å²) in [4.78, 5) is 23.2. The van der Waals surface area contributed by atoms with Crippen LogP contribution in [0.5, 0.6) is 0 Å². The van der Waals surface area contributed by atoms with Gasteiger partial charge in [-0.1, -0.05) is 13.8 Å². The first-order valence-electron chi connectivity index (χ1n) is 12.1. The third-order valence-electron chi connectivity index (χ3n) is 5.65. The van der Waals surface area contributed by atoms with E-state index in [1.54, 1.807) is 11.3 Å². The number of anilines is 3. The van der Waals surface area contributed by atoms with Gasteiger partial charge >= 0.3 is 0 Å². The molecule has 0 saturated carbocycles. The first-order chi connectivity index (χ1) is 17.1. The summed E-state index contributed by atoms with van der Waals surface area (Å²) in [5.74, 6) is 2.12. The Kier molecular flexibility index (Phi) is 8.21. The zero-order chi connectivity index (χ0) is 24.8. The number of rotatable bonds is 7. The molecule has 1 fully saturated rings. The summed E-state index contributed by atoms with van der Waals surface area (Å²) >= 11 is 1.61. The Morgan fingerprint density at radius 1 is 1.03 bits per heavy atom. The summed E-state index contributed by atoms with van der Waals surface area (Å²) in [6.45, 7) is 13.2. The van der Waals surface area contributed by atoms with Gasteiger partial charge in [-0.15, -0.1) is 11.3 Å². The van der Waals surface area contributed by atoms with E-state index >= 15 is 0 Å². The molecule has 0 aliphatic carbocycles. The molecular weight excluding hydrogens is 462 g/mol. The average molecular weight is 496 g/mol. The number of fused-ring (bicyclic) bond motifs is 1. The molecule has 11 heteroatoms. The van der Waals surface area contributed by atoms with E-state index in [4.69, 9.17) is 15.1 Å². The molecule has 0 radical (unpaired) electrons. The van der Waals surface area contributed by atoms with Crippen LogP contribution in [-0.2, 0) is 6.54 Å². The van der Waals surface area contributed by atoms with Crippen LogP contribution in [0.3, 0.4) is 0 Å². The van der Waals surface area contributed by atoms with Crippen molar-refractivity contribution in [3.05, 3.63) is 36.4 Å². The fourth-order valence-electron chi connectivity index (χ4n) is 3.88. The summed E-state index contributed by atoms with van der Waals surface area (Å²) in [7, 11) is 0. The molecular formula is C24H33N9OS. The SMILES string of the molecule is CC.CCn1cc(-c2nc3cc(Nc4cc(C)nc(N5CCN(CCO)CC5)n4)ncc3s2)cn1. The molecule has 10 nitrogen and oxygen atoms in total. The Morgan fingerprint density at radius 2 is 1.83 bits per heavy atom. The monoisotopic (exact) mass is 495 g/mol. The summed E-state index contributed by atoms with van der Waals surface area (Å²) in [6, 6.07) is 3.87. The molecule has 0 amide bonds. The van der Waals surface area contributed by atoms with Gasteiger partial charge in [0, 0.05) is 75.1 Å². The zero-order valence-corrected chi connectivity index (χ0v) is 21.6. The number of aliphatic hydroxyl groups is 1. The zero-order valence-electron chi connectivity index (χ0n) is 20.8. The molecule has 4 aromatic heterocycles. The predicted molar refractivity (Wildman–Crippen MR) is 141 cm³/mol. The number of aromatic nitrogens is 6. The van der Waals surface area contributed by atoms with Crippen LogP contribution in [0.25, 0.3) is 20.8 Å². The Labute approximate surface area is 209 Å². The van der Waals surface area contributed by atoms with Gasteiger partial charge in [-0.25, -0.2) is 15.0 Å². The fraction of sp³-hybridized carbons (Fsp3) is 0.458. The van der Waals surface area contributed by atoms with Crippen molar-refractivity contribution in [2.75, 3.05) is 49.5 Å². The molecule has 0 atom stereocenters. The molecule has 1 aliphatic heterocycles. The molecule has 5 heterocycles. The molecule has 186 valence electrons. The normalized spacial score (nSPS) is 14.1. The Morgan fingerprint density at radius 3 is 2.54 bits per heavy atom. The van der Waals surface area contributed by atoms with Crippen molar-refractivity contribution >= 4 is 39.1 Å². The molecule has 0 aromatic carbocycles. The summed E-state index contributed by atoms with van der Waals surface area (Å²) in [5.41, 5.74) is 2.80. The second-order valence-electron chi connectivity index (χ2n) is 8.01. The van der Waals surface area contributed by atoms with Gasteiger partial charge in [-0.05, 0) is 13.8 Å². The average Bonchev–Trinajstić information content (AvgIpc) is 3.52. The molecule has 1 saturated heterocycles. The molecule has 5 rings (SSSR count). The van der Waals surface area contributed by atoms with Crippen molar-refractivity contribution in [1.29, 1.82) is 0 Å². The first kappa shape index (κ1) is 25.0. The molecule has 0 spiro atoms. The standard InChI is InChI=1S/C22H27N9OS.C2H6/c1-3-31-14-16(12-24-31)21-26-17-11-19(23-13-18(17)33-21)27-20-10-15(2)25-22(28-20)30-6-4-29(5-7-30)8-9-32;1-2/h10-14,32H,3-9H2,1-2H3,(H,23,25,27,28);1-2H3. The van der Waals surface area contributed by atoms with Gasteiger partial charge in [0.2, 0.25) is 5.95 Å². The Balaban J connectivity index is 0.00000141. The van der Waals surface area contributed by atoms with Gasteiger partial charge in [0.1, 0.15) is 16.6 Å². The summed E-state index contributed by atoms with van der Waals surface area (Å²) < 4.78 is 2.92. The molecule has 2 N–H and O–H groups in total. The van der Waals surface area contributed by atoms with E-state index in [0.717, 1.165) is 59.2 Å². The lowest BCUT2D eigenvalue weighted by molar-refractivity contribution is 0.188. The number of pyridine rings is 1. The smallest absolute Gasteiger partial charge is 0.227 e. The number of nitrogens with one attached hydrogen (secondary N) is 1. The Hall–Kier alpha value is -3.15. The highest BCUT2D eigenvalue weighted by molar-refractivity contribution is 7.21. The van der Waals surface area contributed by atoms with E-state index in [-0.39, 0.29) is 6.61 Å². The van der Waals surface area contributed by atoms with Crippen LogP contribution in [0.1, 0.15) is 26.5 Å². The molecule has 4 aromatic rings. The molecule has 0 unspecified atom stereocenters.